The molecule has 0 radical (unpaired) electrons. The van der Waals surface area contributed by atoms with Crippen LogP contribution in [0.3, 0.4) is 0 Å². The van der Waals surface area contributed by atoms with E-state index in [4.69, 9.17) is 9.47 Å². The van der Waals surface area contributed by atoms with Gasteiger partial charge < -0.3 is 14.4 Å². The van der Waals surface area contributed by atoms with Gasteiger partial charge in [-0.2, -0.15) is 8.78 Å². The van der Waals surface area contributed by atoms with Gasteiger partial charge in [-0.3, -0.25) is 4.57 Å². The fourth-order valence-electron chi connectivity index (χ4n) is 2.80. The number of aromatic nitrogens is 3. The molecular formula is C17H22F2N4O2S2. The van der Waals surface area contributed by atoms with Crippen LogP contribution in [0, 0.1) is 0 Å². The van der Waals surface area contributed by atoms with E-state index in [1.165, 1.54) is 7.11 Å². The topological polar surface area (TPSA) is 52.4 Å². The van der Waals surface area contributed by atoms with E-state index in [0.717, 1.165) is 36.3 Å². The second kappa shape index (κ2) is 9.61. The molecular weight excluding hydrogens is 394 g/mol. The number of rotatable bonds is 8. The lowest BCUT2D eigenvalue weighted by molar-refractivity contribution is 0.121. The van der Waals surface area contributed by atoms with Crippen LogP contribution < -0.4 is 9.64 Å². The molecule has 0 spiro atoms. The molecule has 1 aromatic heterocycles. The number of nitrogens with zero attached hydrogens (tertiary/aromatic N) is 4. The first-order valence-electron chi connectivity index (χ1n) is 8.62. The molecule has 0 amide bonds. The molecule has 0 aliphatic carbocycles. The van der Waals surface area contributed by atoms with Gasteiger partial charge in [-0.05, 0) is 24.6 Å². The molecule has 0 N–H and O–H groups in total. The fraction of sp³-hybridized carbons (Fsp3) is 0.529. The maximum absolute atomic E-state index is 12.6. The fourth-order valence-corrected chi connectivity index (χ4v) is 4.34. The Morgan fingerprint density at radius 1 is 1.26 bits per heavy atom. The summed E-state index contributed by atoms with van der Waals surface area (Å²) in [6, 6.07) is 5.32. The predicted molar refractivity (Wildman–Crippen MR) is 103 cm³/mol. The van der Waals surface area contributed by atoms with E-state index in [-0.39, 0.29) is 0 Å². The van der Waals surface area contributed by atoms with Gasteiger partial charge in [-0.15, -0.1) is 10.2 Å². The van der Waals surface area contributed by atoms with Gasteiger partial charge >= 0.3 is 0 Å². The van der Waals surface area contributed by atoms with Crippen LogP contribution in [0.1, 0.15) is 12.5 Å². The summed E-state index contributed by atoms with van der Waals surface area (Å²) >= 11 is 2.06. The summed E-state index contributed by atoms with van der Waals surface area (Å²) in [7, 11) is 1.49. The van der Waals surface area contributed by atoms with Gasteiger partial charge in [0.2, 0.25) is 5.95 Å². The van der Waals surface area contributed by atoms with Gasteiger partial charge in [-0.25, -0.2) is 0 Å². The van der Waals surface area contributed by atoms with E-state index in [0.29, 0.717) is 41.4 Å². The van der Waals surface area contributed by atoms with Crippen LogP contribution in [0.2, 0.25) is 0 Å². The minimum atomic E-state index is -2.47. The van der Waals surface area contributed by atoms with Gasteiger partial charge in [0.05, 0.1) is 25.2 Å². The average Bonchev–Trinajstić information content (AvgIpc) is 3.10. The van der Waals surface area contributed by atoms with Gasteiger partial charge in [0.15, 0.2) is 5.16 Å². The zero-order valence-electron chi connectivity index (χ0n) is 15.2. The standard InChI is InChI=1S/C17H22F2N4O2S2/c1-3-23-16(22-6-8-25-9-7-22)20-21-17(23)26-11-12-4-5-14(27-15(18)19)13(10-12)24-2/h4-5,10,15H,3,6-9,11H2,1-2H3. The van der Waals surface area contributed by atoms with Crippen LogP contribution in [0.5, 0.6) is 5.75 Å². The molecule has 0 bridgehead atoms. The number of thioether (sulfide) groups is 2. The number of methoxy groups -OCH3 is 1. The van der Waals surface area contributed by atoms with Crippen molar-refractivity contribution in [2.45, 2.75) is 35.0 Å². The number of hydrogen-bond donors (Lipinski definition) is 0. The van der Waals surface area contributed by atoms with Crippen LogP contribution in [-0.2, 0) is 17.0 Å². The molecule has 2 aromatic rings. The minimum Gasteiger partial charge on any atom is -0.496 e. The summed E-state index contributed by atoms with van der Waals surface area (Å²) in [6.45, 7) is 5.85. The summed E-state index contributed by atoms with van der Waals surface area (Å²) in [6.07, 6.45) is 0. The number of benzene rings is 1. The quantitative estimate of drug-likeness (QED) is 0.608. The molecule has 2 heterocycles. The van der Waals surface area contributed by atoms with Gasteiger partial charge in [0, 0.05) is 25.4 Å². The Bertz CT molecular complexity index is 755. The van der Waals surface area contributed by atoms with Crippen molar-refractivity contribution >= 4 is 29.5 Å². The average molecular weight is 417 g/mol. The molecule has 1 saturated heterocycles. The third-order valence-electron chi connectivity index (χ3n) is 4.12. The molecule has 148 valence electrons. The molecule has 1 fully saturated rings. The largest absolute Gasteiger partial charge is 0.496 e. The smallest absolute Gasteiger partial charge is 0.289 e. The molecule has 6 nitrogen and oxygen atoms in total. The summed E-state index contributed by atoms with van der Waals surface area (Å²) in [5.74, 6) is -0.494. The Morgan fingerprint density at radius 2 is 2.04 bits per heavy atom. The highest BCUT2D eigenvalue weighted by Gasteiger charge is 2.20. The van der Waals surface area contributed by atoms with E-state index < -0.39 is 5.76 Å². The van der Waals surface area contributed by atoms with Crippen molar-refractivity contribution in [2.24, 2.45) is 0 Å². The van der Waals surface area contributed by atoms with Crippen molar-refractivity contribution < 1.29 is 18.3 Å². The van der Waals surface area contributed by atoms with Crippen LogP contribution in [0.25, 0.3) is 0 Å². The maximum Gasteiger partial charge on any atom is 0.289 e. The highest BCUT2D eigenvalue weighted by molar-refractivity contribution is 7.99. The molecule has 0 saturated carbocycles. The highest BCUT2D eigenvalue weighted by atomic mass is 32.2. The van der Waals surface area contributed by atoms with Crippen molar-refractivity contribution in [1.82, 2.24) is 14.8 Å². The summed E-state index contributed by atoms with van der Waals surface area (Å²) < 4.78 is 38.0. The first-order valence-corrected chi connectivity index (χ1v) is 10.5. The van der Waals surface area contributed by atoms with Crippen LogP contribution in [-0.4, -0.2) is 53.9 Å². The minimum absolute atomic E-state index is 0.438. The Morgan fingerprint density at radius 3 is 2.70 bits per heavy atom. The molecule has 0 atom stereocenters. The zero-order valence-corrected chi connectivity index (χ0v) is 16.9. The first-order chi connectivity index (χ1) is 13.1. The second-order valence-electron chi connectivity index (χ2n) is 5.78. The molecule has 1 aliphatic heterocycles. The molecule has 0 unspecified atom stereocenters. The first kappa shape index (κ1) is 20.2. The lowest BCUT2D eigenvalue weighted by Gasteiger charge is -2.27. The van der Waals surface area contributed by atoms with E-state index >= 15 is 0 Å². The normalized spacial score (nSPS) is 14.8. The molecule has 10 heteroatoms. The Balaban J connectivity index is 1.70. The van der Waals surface area contributed by atoms with Crippen LogP contribution in [0.15, 0.2) is 28.3 Å². The van der Waals surface area contributed by atoms with Crippen molar-refractivity contribution in [3.05, 3.63) is 23.8 Å². The van der Waals surface area contributed by atoms with Crippen LogP contribution in [0.4, 0.5) is 14.7 Å². The second-order valence-corrected chi connectivity index (χ2v) is 7.75. The number of halogens is 2. The van der Waals surface area contributed by atoms with Crippen molar-refractivity contribution in [3.8, 4) is 5.75 Å². The lowest BCUT2D eigenvalue weighted by Crippen LogP contribution is -2.38. The SMILES string of the molecule is CCn1c(SCc2ccc(SC(F)F)c(OC)c2)nnc1N1CCOCC1. The van der Waals surface area contributed by atoms with Gasteiger partial charge in [-0.1, -0.05) is 29.6 Å². The Labute approximate surface area is 165 Å². The molecule has 1 aliphatic rings. The van der Waals surface area contributed by atoms with Crippen molar-refractivity contribution in [1.29, 1.82) is 0 Å². The number of ether oxygens (including phenoxy) is 2. The molecule has 3 rings (SSSR count). The monoisotopic (exact) mass is 416 g/mol. The number of hydrogen-bond acceptors (Lipinski definition) is 7. The zero-order chi connectivity index (χ0) is 19.2. The third kappa shape index (κ3) is 5.05. The van der Waals surface area contributed by atoms with Gasteiger partial charge in [0.25, 0.3) is 5.76 Å². The predicted octanol–water partition coefficient (Wildman–Crippen LogP) is 3.75. The van der Waals surface area contributed by atoms with E-state index in [9.17, 15) is 8.78 Å². The third-order valence-corrected chi connectivity index (χ3v) is 5.93. The number of anilines is 1. The molecule has 1 aromatic carbocycles. The Hall–Kier alpha value is -1.52. The summed E-state index contributed by atoms with van der Waals surface area (Å²) in [5, 5.41) is 9.53. The van der Waals surface area contributed by atoms with E-state index in [1.54, 1.807) is 23.9 Å². The van der Waals surface area contributed by atoms with Gasteiger partial charge in [0.1, 0.15) is 5.75 Å². The van der Waals surface area contributed by atoms with Crippen molar-refractivity contribution in [2.75, 3.05) is 38.3 Å². The van der Waals surface area contributed by atoms with Crippen molar-refractivity contribution in [3.63, 3.8) is 0 Å². The summed E-state index contributed by atoms with van der Waals surface area (Å²) in [5.41, 5.74) is 0.981. The summed E-state index contributed by atoms with van der Waals surface area (Å²) in [4.78, 5) is 2.62. The Kier molecular flexibility index (Phi) is 7.20. The number of morpholine rings is 1. The molecule has 27 heavy (non-hydrogen) atoms. The van der Waals surface area contributed by atoms with E-state index in [2.05, 4.69) is 26.6 Å². The maximum atomic E-state index is 12.6. The highest BCUT2D eigenvalue weighted by Crippen LogP contribution is 2.35. The lowest BCUT2D eigenvalue weighted by atomic mass is 10.2. The van der Waals surface area contributed by atoms with Crippen LogP contribution >= 0.6 is 23.5 Å². The number of alkyl halides is 2. The van der Waals surface area contributed by atoms with E-state index in [1.807, 2.05) is 6.07 Å².